The second-order valence-corrected chi connectivity index (χ2v) is 7.03. The van der Waals surface area contributed by atoms with Crippen LogP contribution in [0.25, 0.3) is 0 Å². The molecular weight excluding hydrogens is 202 g/mol. The molecule has 0 saturated heterocycles. The van der Waals surface area contributed by atoms with E-state index in [-0.39, 0.29) is 5.41 Å². The molecule has 0 aliphatic carbocycles. The van der Waals surface area contributed by atoms with Crippen LogP contribution in [0, 0.1) is 0 Å². The minimum atomic E-state index is -0.751. The van der Waals surface area contributed by atoms with E-state index >= 15 is 0 Å². The fraction of sp³-hybridized carbons (Fsp3) is 0.500. The lowest BCUT2D eigenvalue weighted by atomic mass is 9.87. The predicted molar refractivity (Wildman–Crippen MR) is 67.7 cm³/mol. The first-order chi connectivity index (χ1) is 6.80. The number of rotatable bonds is 2. The van der Waals surface area contributed by atoms with Crippen molar-refractivity contribution in [2.75, 3.05) is 5.73 Å². The van der Waals surface area contributed by atoms with Crippen LogP contribution in [-0.4, -0.2) is 9.04 Å². The molecule has 0 aliphatic heterocycles. The molecule has 0 saturated carbocycles. The van der Waals surface area contributed by atoms with E-state index < -0.39 is 9.04 Å². The molecule has 0 unspecified atom stereocenters. The normalized spacial score (nSPS) is 11.9. The largest absolute Gasteiger partial charge is 0.541 e. The van der Waals surface area contributed by atoms with Crippen molar-refractivity contribution in [1.82, 2.24) is 0 Å². The molecule has 0 aromatic heterocycles. The van der Waals surface area contributed by atoms with Crippen molar-refractivity contribution in [2.24, 2.45) is 0 Å². The van der Waals surface area contributed by atoms with E-state index in [0.29, 0.717) is 0 Å². The summed E-state index contributed by atoms with van der Waals surface area (Å²) in [5.74, 6) is 0.835. The predicted octanol–water partition coefficient (Wildman–Crippen LogP) is 3.20. The monoisotopic (exact) mass is 222 g/mol. The van der Waals surface area contributed by atoms with Gasteiger partial charge in [-0.05, 0) is 36.2 Å². The Hall–Kier alpha value is -0.963. The maximum atomic E-state index is 5.87. The first kappa shape index (κ1) is 12.1. The lowest BCUT2D eigenvalue weighted by molar-refractivity contribution is 0.562. The van der Waals surface area contributed by atoms with Gasteiger partial charge in [0.05, 0.1) is 5.69 Å². The van der Waals surface area contributed by atoms with Crippen molar-refractivity contribution in [3.63, 3.8) is 0 Å². The Bertz CT molecular complexity index is 342. The first-order valence-corrected chi connectivity index (χ1v) is 7.59. The van der Waals surface area contributed by atoms with Gasteiger partial charge >= 0.3 is 0 Å². The number of hydrogen-bond donors (Lipinski definition) is 1. The molecule has 1 rings (SSSR count). The van der Waals surface area contributed by atoms with Crippen LogP contribution in [0.15, 0.2) is 18.2 Å². The number of benzene rings is 1. The molecule has 0 heterocycles. The standard InChI is InChI=1S/C12H20NOSi/c1-12(2,3)9-6-7-10(13)11(8-9)14-15(4)5/h6-8H,13H2,1-5H3. The summed E-state index contributed by atoms with van der Waals surface area (Å²) in [5.41, 5.74) is 8.00. The zero-order valence-electron chi connectivity index (χ0n) is 10.2. The van der Waals surface area contributed by atoms with E-state index in [0.717, 1.165) is 11.4 Å². The van der Waals surface area contributed by atoms with Gasteiger partial charge in [0.2, 0.25) is 0 Å². The number of anilines is 1. The van der Waals surface area contributed by atoms with Gasteiger partial charge in [0.15, 0.2) is 0 Å². The van der Waals surface area contributed by atoms with Gasteiger partial charge in [-0.15, -0.1) is 0 Å². The molecule has 0 fully saturated rings. The molecule has 3 heteroatoms. The average molecular weight is 222 g/mol. The molecule has 0 amide bonds. The van der Waals surface area contributed by atoms with Crippen LogP contribution in [-0.2, 0) is 5.41 Å². The molecule has 0 atom stereocenters. The summed E-state index contributed by atoms with van der Waals surface area (Å²) in [6.07, 6.45) is 0. The molecule has 1 radical (unpaired) electrons. The fourth-order valence-corrected chi connectivity index (χ4v) is 1.93. The van der Waals surface area contributed by atoms with E-state index in [1.807, 2.05) is 6.07 Å². The Morgan fingerprint density at radius 1 is 1.20 bits per heavy atom. The number of hydrogen-bond acceptors (Lipinski definition) is 2. The Balaban J connectivity index is 3.06. The van der Waals surface area contributed by atoms with Crippen molar-refractivity contribution in [2.45, 2.75) is 39.3 Å². The van der Waals surface area contributed by atoms with Crippen LogP contribution in [0.4, 0.5) is 5.69 Å². The van der Waals surface area contributed by atoms with E-state index in [9.17, 15) is 0 Å². The van der Waals surface area contributed by atoms with Crippen molar-refractivity contribution in [3.05, 3.63) is 23.8 Å². The zero-order chi connectivity index (χ0) is 11.6. The summed E-state index contributed by atoms with van der Waals surface area (Å²) >= 11 is 0. The topological polar surface area (TPSA) is 35.2 Å². The van der Waals surface area contributed by atoms with Gasteiger partial charge in [-0.3, -0.25) is 0 Å². The Kier molecular flexibility index (Phi) is 3.45. The summed E-state index contributed by atoms with van der Waals surface area (Å²) in [5, 5.41) is 0. The smallest absolute Gasteiger partial charge is 0.274 e. The maximum Gasteiger partial charge on any atom is 0.274 e. The van der Waals surface area contributed by atoms with E-state index in [1.54, 1.807) is 0 Å². The van der Waals surface area contributed by atoms with Crippen LogP contribution >= 0.6 is 0 Å². The molecule has 15 heavy (non-hydrogen) atoms. The fourth-order valence-electron chi connectivity index (χ4n) is 1.31. The average Bonchev–Trinajstić information content (AvgIpc) is 2.06. The first-order valence-electron chi connectivity index (χ1n) is 5.18. The highest BCUT2D eigenvalue weighted by atomic mass is 28.3. The van der Waals surface area contributed by atoms with E-state index in [4.69, 9.17) is 10.2 Å². The molecule has 2 N–H and O–H groups in total. The SMILES string of the molecule is C[Si](C)Oc1cc(C(C)(C)C)ccc1N. The molecule has 1 aromatic carbocycles. The van der Waals surface area contributed by atoms with Crippen LogP contribution in [0.2, 0.25) is 13.1 Å². The second-order valence-electron chi connectivity index (χ2n) is 5.01. The van der Waals surface area contributed by atoms with Crippen molar-refractivity contribution < 1.29 is 4.43 Å². The zero-order valence-corrected chi connectivity index (χ0v) is 11.2. The van der Waals surface area contributed by atoms with Crippen LogP contribution < -0.4 is 10.2 Å². The molecule has 0 aliphatic rings. The summed E-state index contributed by atoms with van der Waals surface area (Å²) in [6, 6.07) is 6.06. The van der Waals surface area contributed by atoms with Crippen molar-refractivity contribution in [1.29, 1.82) is 0 Å². The highest BCUT2D eigenvalue weighted by Gasteiger charge is 2.15. The molecule has 2 nitrogen and oxygen atoms in total. The van der Waals surface area contributed by atoms with E-state index in [1.165, 1.54) is 5.56 Å². The summed E-state index contributed by atoms with van der Waals surface area (Å²) in [4.78, 5) is 0. The van der Waals surface area contributed by atoms with Gasteiger partial charge in [-0.1, -0.05) is 26.8 Å². The summed E-state index contributed by atoms with van der Waals surface area (Å²) < 4.78 is 5.76. The Labute approximate surface area is 94.2 Å². The highest BCUT2D eigenvalue weighted by Crippen LogP contribution is 2.30. The summed E-state index contributed by atoms with van der Waals surface area (Å²) in [6.45, 7) is 10.8. The van der Waals surface area contributed by atoms with Crippen LogP contribution in [0.5, 0.6) is 5.75 Å². The second kappa shape index (κ2) is 4.27. The van der Waals surface area contributed by atoms with Crippen molar-refractivity contribution in [3.8, 4) is 5.75 Å². The van der Waals surface area contributed by atoms with Gasteiger partial charge in [0.25, 0.3) is 9.04 Å². The van der Waals surface area contributed by atoms with Gasteiger partial charge in [0.1, 0.15) is 5.75 Å². The minimum absolute atomic E-state index is 0.139. The van der Waals surface area contributed by atoms with E-state index in [2.05, 4.69) is 46.0 Å². The summed E-state index contributed by atoms with van der Waals surface area (Å²) in [7, 11) is -0.751. The third-order valence-electron chi connectivity index (χ3n) is 2.19. The third-order valence-corrected chi connectivity index (χ3v) is 2.82. The maximum absolute atomic E-state index is 5.87. The van der Waals surface area contributed by atoms with Gasteiger partial charge < -0.3 is 10.2 Å². The lowest BCUT2D eigenvalue weighted by Gasteiger charge is -2.21. The van der Waals surface area contributed by atoms with Crippen LogP contribution in [0.1, 0.15) is 26.3 Å². The van der Waals surface area contributed by atoms with Gasteiger partial charge in [0, 0.05) is 0 Å². The van der Waals surface area contributed by atoms with Crippen molar-refractivity contribution >= 4 is 14.7 Å². The highest BCUT2D eigenvalue weighted by molar-refractivity contribution is 6.49. The third kappa shape index (κ3) is 3.27. The Morgan fingerprint density at radius 3 is 2.27 bits per heavy atom. The van der Waals surface area contributed by atoms with Crippen LogP contribution in [0.3, 0.4) is 0 Å². The Morgan fingerprint density at radius 2 is 1.80 bits per heavy atom. The molecule has 1 aromatic rings. The van der Waals surface area contributed by atoms with Gasteiger partial charge in [-0.2, -0.15) is 0 Å². The molecule has 0 spiro atoms. The lowest BCUT2D eigenvalue weighted by Crippen LogP contribution is -2.15. The molecule has 83 valence electrons. The molecular formula is C12H20NOSi. The number of nitrogen functional groups attached to an aromatic ring is 1. The quantitative estimate of drug-likeness (QED) is 0.616. The minimum Gasteiger partial charge on any atom is -0.541 e. The number of nitrogens with two attached hydrogens (primary N) is 1. The van der Waals surface area contributed by atoms with Gasteiger partial charge in [-0.25, -0.2) is 0 Å². The molecule has 0 bridgehead atoms.